The van der Waals surface area contributed by atoms with Gasteiger partial charge in [0.15, 0.2) is 11.7 Å². The first-order valence-electron chi connectivity index (χ1n) is 7.52. The molecular weight excluding hydrogens is 298 g/mol. The van der Waals surface area contributed by atoms with Gasteiger partial charge in [0.1, 0.15) is 5.76 Å². The Bertz CT molecular complexity index is 694. The fraction of sp³-hybridized carbons (Fsp3) is 0.500. The first kappa shape index (κ1) is 15.3. The predicted octanol–water partition coefficient (Wildman–Crippen LogP) is 2.15. The number of furan rings is 1. The molecule has 0 aliphatic carbocycles. The van der Waals surface area contributed by atoms with E-state index >= 15 is 0 Å². The molecule has 1 atom stereocenters. The number of nitrogens with zero attached hydrogens (tertiary/aromatic N) is 3. The van der Waals surface area contributed by atoms with Crippen molar-refractivity contribution in [1.29, 1.82) is 0 Å². The van der Waals surface area contributed by atoms with E-state index in [9.17, 15) is 14.7 Å². The van der Waals surface area contributed by atoms with Crippen molar-refractivity contribution in [2.75, 3.05) is 6.54 Å². The number of rotatable bonds is 6. The molecule has 3 heterocycles. The summed E-state index contributed by atoms with van der Waals surface area (Å²) in [5.74, 6) is 1.92. The molecule has 1 aromatic rings. The smallest absolute Gasteiger partial charge is 0.331 e. The number of carboxylic acid groups (broad SMARTS) is 1. The summed E-state index contributed by atoms with van der Waals surface area (Å²) in [6, 6.07) is 0.632. The van der Waals surface area contributed by atoms with E-state index in [-0.39, 0.29) is 12.3 Å². The highest BCUT2D eigenvalue weighted by atomic mass is 16.4. The molecule has 3 rings (SSSR count). The van der Waals surface area contributed by atoms with Crippen molar-refractivity contribution in [3.05, 3.63) is 23.7 Å². The zero-order chi connectivity index (χ0) is 16.4. The molecule has 0 saturated heterocycles. The van der Waals surface area contributed by atoms with Gasteiger partial charge in [0.05, 0.1) is 6.26 Å². The van der Waals surface area contributed by atoms with Crippen molar-refractivity contribution in [3.8, 4) is 12.3 Å². The lowest BCUT2D eigenvalue weighted by atomic mass is 9.97. The average Bonchev–Trinajstić information content (AvgIpc) is 3.15. The molecule has 2 aliphatic rings. The Balaban J connectivity index is 1.65. The van der Waals surface area contributed by atoms with Crippen molar-refractivity contribution in [2.24, 2.45) is 10.2 Å². The molecule has 1 unspecified atom stereocenters. The minimum absolute atomic E-state index is 0.203. The fourth-order valence-electron chi connectivity index (χ4n) is 2.97. The van der Waals surface area contributed by atoms with Gasteiger partial charge in [-0.05, 0) is 6.07 Å². The van der Waals surface area contributed by atoms with E-state index in [2.05, 4.69) is 16.1 Å². The third-order valence-electron chi connectivity index (χ3n) is 4.31. The van der Waals surface area contributed by atoms with Gasteiger partial charge in [-0.1, -0.05) is 0 Å². The van der Waals surface area contributed by atoms with E-state index in [1.807, 2.05) is 0 Å². The number of aliphatic carboxylic acids is 1. The van der Waals surface area contributed by atoms with E-state index < -0.39 is 17.7 Å². The van der Waals surface area contributed by atoms with Crippen LogP contribution in [0.5, 0.6) is 0 Å². The van der Waals surface area contributed by atoms with Crippen LogP contribution in [0.25, 0.3) is 0 Å². The third-order valence-corrected chi connectivity index (χ3v) is 4.31. The summed E-state index contributed by atoms with van der Waals surface area (Å²) >= 11 is 0. The second kappa shape index (κ2) is 5.88. The van der Waals surface area contributed by atoms with Crippen molar-refractivity contribution in [1.82, 2.24) is 4.90 Å². The van der Waals surface area contributed by atoms with Crippen LogP contribution < -0.4 is 0 Å². The Hall–Kier alpha value is -2.62. The van der Waals surface area contributed by atoms with Crippen LogP contribution in [0.2, 0.25) is 0 Å². The van der Waals surface area contributed by atoms with E-state index in [1.165, 1.54) is 11.2 Å². The average molecular weight is 315 g/mol. The van der Waals surface area contributed by atoms with E-state index in [1.54, 1.807) is 6.07 Å². The van der Waals surface area contributed by atoms with Crippen LogP contribution in [0.1, 0.15) is 43.0 Å². The van der Waals surface area contributed by atoms with Crippen LogP contribution >= 0.6 is 0 Å². The first-order chi connectivity index (χ1) is 11.1. The Morgan fingerprint density at radius 2 is 2.26 bits per heavy atom. The van der Waals surface area contributed by atoms with Gasteiger partial charge in [-0.25, -0.2) is 4.79 Å². The summed E-state index contributed by atoms with van der Waals surface area (Å²) in [7, 11) is 0. The highest BCUT2D eigenvalue weighted by molar-refractivity contribution is 5.85. The van der Waals surface area contributed by atoms with Gasteiger partial charge in [-0.2, -0.15) is 10.2 Å². The molecule has 0 radical (unpaired) electrons. The maximum absolute atomic E-state index is 12.5. The zero-order valence-electron chi connectivity index (χ0n) is 12.6. The summed E-state index contributed by atoms with van der Waals surface area (Å²) in [6.45, 7) is 0.335. The lowest BCUT2D eigenvalue weighted by molar-refractivity contribution is -0.151. The largest absolute Gasteiger partial charge is 0.479 e. The summed E-state index contributed by atoms with van der Waals surface area (Å²) in [6.07, 6.45) is 9.08. The van der Waals surface area contributed by atoms with Crippen LogP contribution in [-0.4, -0.2) is 34.1 Å². The molecule has 0 saturated carbocycles. The predicted molar refractivity (Wildman–Crippen MR) is 79.4 cm³/mol. The van der Waals surface area contributed by atoms with Gasteiger partial charge < -0.3 is 14.4 Å². The van der Waals surface area contributed by atoms with Gasteiger partial charge >= 0.3 is 5.97 Å². The number of amides is 1. The molecule has 0 spiro atoms. The highest BCUT2D eigenvalue weighted by Gasteiger charge is 2.42. The van der Waals surface area contributed by atoms with Crippen molar-refractivity contribution in [3.63, 3.8) is 0 Å². The maximum Gasteiger partial charge on any atom is 0.331 e. The third kappa shape index (κ3) is 2.97. The normalized spacial score (nSPS) is 20.7. The lowest BCUT2D eigenvalue weighted by Crippen LogP contribution is -2.43. The molecule has 1 amide bonds. The summed E-state index contributed by atoms with van der Waals surface area (Å²) < 4.78 is 5.28. The van der Waals surface area contributed by atoms with Crippen LogP contribution in [0.3, 0.4) is 0 Å². The fourth-order valence-corrected chi connectivity index (χ4v) is 2.97. The van der Waals surface area contributed by atoms with Gasteiger partial charge in [-0.15, -0.1) is 12.3 Å². The molecule has 0 aromatic carbocycles. The second-order valence-electron chi connectivity index (χ2n) is 5.76. The molecule has 2 aliphatic heterocycles. The Morgan fingerprint density at radius 1 is 1.48 bits per heavy atom. The number of hydrogen-bond acceptors (Lipinski definition) is 5. The molecule has 120 valence electrons. The number of hydrogen-bond donors (Lipinski definition) is 1. The van der Waals surface area contributed by atoms with E-state index in [4.69, 9.17) is 10.8 Å². The summed E-state index contributed by atoms with van der Waals surface area (Å²) in [4.78, 5) is 25.5. The lowest BCUT2D eigenvalue weighted by Gasteiger charge is -2.32. The quantitative estimate of drug-likeness (QED) is 0.814. The molecule has 1 N–H and O–H groups in total. The van der Waals surface area contributed by atoms with Crippen molar-refractivity contribution < 1.29 is 19.1 Å². The van der Waals surface area contributed by atoms with Crippen LogP contribution in [0.4, 0.5) is 0 Å². The van der Waals surface area contributed by atoms with Gasteiger partial charge in [0.2, 0.25) is 5.91 Å². The topological polar surface area (TPSA) is 95.5 Å². The van der Waals surface area contributed by atoms with Gasteiger partial charge in [0.25, 0.3) is 0 Å². The van der Waals surface area contributed by atoms with Gasteiger partial charge in [0, 0.05) is 44.2 Å². The number of carboxylic acids is 1. The number of terminal acetylenes is 1. The Labute approximate surface area is 133 Å². The zero-order valence-corrected chi connectivity index (χ0v) is 12.6. The summed E-state index contributed by atoms with van der Waals surface area (Å²) in [5.41, 5.74) is 0.0251. The number of fused-ring (bicyclic) bond motifs is 1. The second-order valence-corrected chi connectivity index (χ2v) is 5.76. The molecule has 7 nitrogen and oxygen atoms in total. The van der Waals surface area contributed by atoms with E-state index in [0.717, 1.165) is 0 Å². The minimum Gasteiger partial charge on any atom is -0.479 e. The molecule has 0 bridgehead atoms. The van der Waals surface area contributed by atoms with Crippen molar-refractivity contribution >= 4 is 11.9 Å². The van der Waals surface area contributed by atoms with Crippen molar-refractivity contribution in [2.45, 2.75) is 43.8 Å². The Kier molecular flexibility index (Phi) is 3.90. The Morgan fingerprint density at radius 3 is 2.91 bits per heavy atom. The van der Waals surface area contributed by atoms with Gasteiger partial charge in [-0.3, -0.25) is 4.79 Å². The standard InChI is InChI=1S/C16H17N3O4/c1-2-3-7-16(17-18-16)8-4-13(20)19-9-5-12-11(6-10-23-12)14(19)15(21)22/h1,6,10,14H,3-5,7-9H2,(H,21,22). The van der Waals surface area contributed by atoms with Crippen LogP contribution in [0.15, 0.2) is 27.0 Å². The van der Waals surface area contributed by atoms with Crippen LogP contribution in [0, 0.1) is 12.3 Å². The number of carbonyl (C=O) groups is 2. The first-order valence-corrected chi connectivity index (χ1v) is 7.52. The monoisotopic (exact) mass is 315 g/mol. The van der Waals surface area contributed by atoms with Crippen LogP contribution in [-0.2, 0) is 16.0 Å². The molecule has 1 aromatic heterocycles. The minimum atomic E-state index is -1.05. The molecule has 23 heavy (non-hydrogen) atoms. The van der Waals surface area contributed by atoms with E-state index in [0.29, 0.717) is 43.6 Å². The maximum atomic E-state index is 12.5. The number of carbonyl (C=O) groups excluding carboxylic acids is 1. The SMILES string of the molecule is C#CCCC1(CCC(=O)N2CCc3occc3C2C(=O)O)N=N1. The molecule has 7 heteroatoms. The molecular formula is C16H17N3O4. The molecule has 0 fully saturated rings. The highest BCUT2D eigenvalue weighted by Crippen LogP contribution is 2.38. The summed E-state index contributed by atoms with van der Waals surface area (Å²) in [5, 5.41) is 17.5.